The van der Waals surface area contributed by atoms with Gasteiger partial charge in [-0.25, -0.2) is 0 Å². The van der Waals surface area contributed by atoms with Gasteiger partial charge in [0.05, 0.1) is 0 Å². The van der Waals surface area contributed by atoms with Crippen LogP contribution in [0.2, 0.25) is 0 Å². The highest BCUT2D eigenvalue weighted by Crippen LogP contribution is 2.32. The van der Waals surface area contributed by atoms with E-state index < -0.39 is 0 Å². The van der Waals surface area contributed by atoms with E-state index in [9.17, 15) is 4.79 Å². The second kappa shape index (κ2) is 10.2. The molecule has 7 heteroatoms. The number of benzene rings is 2. The lowest BCUT2D eigenvalue weighted by Gasteiger charge is -2.15. The number of guanidine groups is 1. The zero-order valence-corrected chi connectivity index (χ0v) is 18.0. The van der Waals surface area contributed by atoms with E-state index in [0.29, 0.717) is 19.8 Å². The number of rotatable bonds is 8. The number of ether oxygens (including phenoxy) is 2. The fraction of sp³-hybridized carbons (Fsp3) is 0.417. The second-order valence-corrected chi connectivity index (χ2v) is 7.75. The van der Waals surface area contributed by atoms with Gasteiger partial charge in [0.15, 0.2) is 17.5 Å². The summed E-state index contributed by atoms with van der Waals surface area (Å²) in [5.74, 6) is 2.60. The molecule has 1 amide bonds. The van der Waals surface area contributed by atoms with Crippen LogP contribution in [-0.2, 0) is 24.3 Å². The third-order valence-electron chi connectivity index (χ3n) is 5.50. The molecule has 0 fully saturated rings. The summed E-state index contributed by atoms with van der Waals surface area (Å²) >= 11 is 0. The quantitative estimate of drug-likeness (QED) is 0.389. The van der Waals surface area contributed by atoms with Crippen LogP contribution in [0.5, 0.6) is 11.5 Å². The van der Waals surface area contributed by atoms with E-state index in [4.69, 9.17) is 9.47 Å². The minimum atomic E-state index is 0.201. The van der Waals surface area contributed by atoms with E-state index in [1.807, 2.05) is 36.1 Å². The van der Waals surface area contributed by atoms with Crippen LogP contribution >= 0.6 is 0 Å². The van der Waals surface area contributed by atoms with Crippen molar-refractivity contribution in [2.45, 2.75) is 39.3 Å². The van der Waals surface area contributed by atoms with Gasteiger partial charge < -0.3 is 25.0 Å². The lowest BCUT2D eigenvalue weighted by atomic mass is 10.1. The molecule has 31 heavy (non-hydrogen) atoms. The standard InChI is InChI=1S/C24H30N4O3/c1-2-25-24(27-13-11-18-9-10-21-22(14-18)31-17-30-21)26-12-5-8-23(29)28-15-19-6-3-4-7-20(19)16-28/h3-4,6-7,9-10,14H,2,5,8,11-13,15-17H2,1H3,(H2,25,26,27). The Morgan fingerprint density at radius 1 is 1.06 bits per heavy atom. The van der Waals surface area contributed by atoms with Crippen molar-refractivity contribution in [2.75, 3.05) is 26.4 Å². The molecule has 4 rings (SSSR count). The van der Waals surface area contributed by atoms with Gasteiger partial charge in [-0.1, -0.05) is 30.3 Å². The topological polar surface area (TPSA) is 75.2 Å². The van der Waals surface area contributed by atoms with Gasteiger partial charge in [0.25, 0.3) is 0 Å². The summed E-state index contributed by atoms with van der Waals surface area (Å²) in [7, 11) is 0. The fourth-order valence-electron chi connectivity index (χ4n) is 3.85. The SMILES string of the molecule is CCNC(=NCCCC(=O)N1Cc2ccccc2C1)NCCc1ccc2c(c1)OCO2. The van der Waals surface area contributed by atoms with Crippen molar-refractivity contribution in [2.24, 2.45) is 4.99 Å². The Morgan fingerprint density at radius 2 is 1.84 bits per heavy atom. The number of carbonyl (C=O) groups excluding carboxylic acids is 1. The van der Waals surface area contributed by atoms with Crippen molar-refractivity contribution < 1.29 is 14.3 Å². The first-order chi connectivity index (χ1) is 15.2. The molecule has 2 aliphatic heterocycles. The number of aliphatic imine (C=N–C) groups is 1. The summed E-state index contributed by atoms with van der Waals surface area (Å²) in [6, 6.07) is 14.3. The number of hydrogen-bond donors (Lipinski definition) is 2. The minimum absolute atomic E-state index is 0.201. The van der Waals surface area contributed by atoms with Crippen LogP contribution in [-0.4, -0.2) is 43.2 Å². The molecule has 164 valence electrons. The average Bonchev–Trinajstić information content (AvgIpc) is 3.43. The Kier molecular flexibility index (Phi) is 6.92. The number of hydrogen-bond acceptors (Lipinski definition) is 4. The van der Waals surface area contributed by atoms with E-state index >= 15 is 0 Å². The molecule has 0 spiro atoms. The van der Waals surface area contributed by atoms with E-state index in [1.54, 1.807) is 0 Å². The maximum atomic E-state index is 12.5. The maximum Gasteiger partial charge on any atom is 0.231 e. The van der Waals surface area contributed by atoms with Crippen molar-refractivity contribution in [1.29, 1.82) is 0 Å². The molecule has 2 aromatic rings. The number of amides is 1. The first kappa shape index (κ1) is 21.0. The lowest BCUT2D eigenvalue weighted by molar-refractivity contribution is -0.131. The van der Waals surface area contributed by atoms with Crippen molar-refractivity contribution >= 4 is 11.9 Å². The highest BCUT2D eigenvalue weighted by molar-refractivity contribution is 5.80. The fourth-order valence-corrected chi connectivity index (χ4v) is 3.85. The van der Waals surface area contributed by atoms with Crippen molar-refractivity contribution in [3.8, 4) is 11.5 Å². The smallest absolute Gasteiger partial charge is 0.231 e. The van der Waals surface area contributed by atoms with E-state index in [2.05, 4.69) is 33.8 Å². The van der Waals surface area contributed by atoms with Crippen LogP contribution in [0.4, 0.5) is 0 Å². The highest BCUT2D eigenvalue weighted by Gasteiger charge is 2.22. The summed E-state index contributed by atoms with van der Waals surface area (Å²) in [6.07, 6.45) is 2.12. The molecular weight excluding hydrogens is 392 g/mol. The Bertz CT molecular complexity index is 919. The molecule has 2 aromatic carbocycles. The van der Waals surface area contributed by atoms with Gasteiger partial charge in [-0.3, -0.25) is 9.79 Å². The van der Waals surface area contributed by atoms with Gasteiger partial charge in [-0.2, -0.15) is 0 Å². The second-order valence-electron chi connectivity index (χ2n) is 7.75. The Morgan fingerprint density at radius 3 is 2.61 bits per heavy atom. The molecule has 0 atom stereocenters. The Hall–Kier alpha value is -3.22. The normalized spacial score (nSPS) is 14.5. The van der Waals surface area contributed by atoms with E-state index in [-0.39, 0.29) is 5.91 Å². The van der Waals surface area contributed by atoms with Gasteiger partial charge in [0.1, 0.15) is 0 Å². The van der Waals surface area contributed by atoms with Crippen LogP contribution in [0.25, 0.3) is 0 Å². The van der Waals surface area contributed by atoms with Gasteiger partial charge in [-0.15, -0.1) is 0 Å². The molecule has 0 aromatic heterocycles. The minimum Gasteiger partial charge on any atom is -0.454 e. The lowest BCUT2D eigenvalue weighted by Crippen LogP contribution is -2.38. The molecule has 0 bridgehead atoms. The first-order valence-corrected chi connectivity index (χ1v) is 11.0. The van der Waals surface area contributed by atoms with Crippen LogP contribution in [0, 0.1) is 0 Å². The predicted molar refractivity (Wildman–Crippen MR) is 120 cm³/mol. The molecule has 0 radical (unpaired) electrons. The number of carbonyl (C=O) groups is 1. The number of nitrogens with zero attached hydrogens (tertiary/aromatic N) is 2. The number of nitrogens with one attached hydrogen (secondary N) is 2. The van der Waals surface area contributed by atoms with E-state index in [1.165, 1.54) is 16.7 Å². The van der Waals surface area contributed by atoms with Crippen LogP contribution in [0.3, 0.4) is 0 Å². The van der Waals surface area contributed by atoms with Gasteiger partial charge >= 0.3 is 0 Å². The summed E-state index contributed by atoms with van der Waals surface area (Å²) in [6.45, 7) is 5.96. The average molecular weight is 423 g/mol. The molecule has 0 aliphatic carbocycles. The Balaban J connectivity index is 1.19. The first-order valence-electron chi connectivity index (χ1n) is 11.0. The molecule has 2 N–H and O–H groups in total. The zero-order valence-electron chi connectivity index (χ0n) is 18.0. The third kappa shape index (κ3) is 5.48. The molecule has 0 saturated heterocycles. The Labute approximate surface area is 183 Å². The molecule has 2 aliphatic rings. The van der Waals surface area contributed by atoms with Gasteiger partial charge in [-0.05, 0) is 48.6 Å². The van der Waals surface area contributed by atoms with Gasteiger partial charge in [0.2, 0.25) is 12.7 Å². The maximum absolute atomic E-state index is 12.5. The number of fused-ring (bicyclic) bond motifs is 2. The summed E-state index contributed by atoms with van der Waals surface area (Å²) in [5.41, 5.74) is 3.70. The van der Waals surface area contributed by atoms with Crippen molar-refractivity contribution in [3.63, 3.8) is 0 Å². The molecule has 0 unspecified atom stereocenters. The van der Waals surface area contributed by atoms with E-state index in [0.717, 1.165) is 56.5 Å². The summed E-state index contributed by atoms with van der Waals surface area (Å²) in [4.78, 5) is 19.1. The summed E-state index contributed by atoms with van der Waals surface area (Å²) < 4.78 is 10.8. The van der Waals surface area contributed by atoms with Crippen molar-refractivity contribution in [3.05, 3.63) is 59.2 Å². The van der Waals surface area contributed by atoms with Crippen molar-refractivity contribution in [1.82, 2.24) is 15.5 Å². The predicted octanol–water partition coefficient (Wildman–Crippen LogP) is 2.84. The van der Waals surface area contributed by atoms with Crippen LogP contribution in [0.15, 0.2) is 47.5 Å². The van der Waals surface area contributed by atoms with Crippen LogP contribution < -0.4 is 20.1 Å². The highest BCUT2D eigenvalue weighted by atomic mass is 16.7. The van der Waals surface area contributed by atoms with Crippen LogP contribution in [0.1, 0.15) is 36.5 Å². The zero-order chi connectivity index (χ0) is 21.5. The van der Waals surface area contributed by atoms with Gasteiger partial charge in [0, 0.05) is 39.1 Å². The monoisotopic (exact) mass is 422 g/mol. The molecule has 7 nitrogen and oxygen atoms in total. The third-order valence-corrected chi connectivity index (χ3v) is 5.50. The molecule has 0 saturated carbocycles. The summed E-state index contributed by atoms with van der Waals surface area (Å²) in [5, 5.41) is 6.63. The molecule has 2 heterocycles. The molecular formula is C24H30N4O3. The largest absolute Gasteiger partial charge is 0.454 e.